The molecule has 10 heteroatoms. The van der Waals surface area contributed by atoms with Crippen LogP contribution in [0.2, 0.25) is 0 Å². The molecule has 3 N–H and O–H groups in total. The Balaban J connectivity index is 0. The highest BCUT2D eigenvalue weighted by molar-refractivity contribution is 14.0. The third-order valence-electron chi connectivity index (χ3n) is 3.15. The van der Waals surface area contributed by atoms with Crippen LogP contribution in [0.1, 0.15) is 40.5 Å². The second kappa shape index (κ2) is 16.6. The van der Waals surface area contributed by atoms with Crippen molar-refractivity contribution >= 4 is 41.9 Å². The number of amides is 2. The second-order valence-corrected chi connectivity index (χ2v) is 7.14. The number of alkyl carbamates (subject to hydrolysis) is 1. The average molecular weight is 515 g/mol. The lowest BCUT2D eigenvalue weighted by molar-refractivity contribution is -0.127. The van der Waals surface area contributed by atoms with E-state index in [0.717, 1.165) is 6.42 Å². The van der Waals surface area contributed by atoms with Crippen LogP contribution in [0.15, 0.2) is 4.99 Å². The monoisotopic (exact) mass is 515 g/mol. The van der Waals surface area contributed by atoms with Crippen molar-refractivity contribution in [3.8, 4) is 0 Å². The van der Waals surface area contributed by atoms with Crippen molar-refractivity contribution in [1.29, 1.82) is 0 Å². The van der Waals surface area contributed by atoms with Gasteiger partial charge in [-0.1, -0.05) is 0 Å². The number of rotatable bonds is 11. The molecule has 0 fully saturated rings. The van der Waals surface area contributed by atoms with Gasteiger partial charge in [0.15, 0.2) is 5.96 Å². The maximum Gasteiger partial charge on any atom is 0.407 e. The SMILES string of the molecule is CCOCCCNC(=NCC(=O)N(C)C)NCCCNC(=O)OC(C)(C)C.I. The van der Waals surface area contributed by atoms with Gasteiger partial charge in [0.1, 0.15) is 12.1 Å². The number of carbonyl (C=O) groups excluding carboxylic acids is 2. The first-order valence-electron chi connectivity index (χ1n) is 9.42. The predicted octanol–water partition coefficient (Wildman–Crippen LogP) is 1.57. The summed E-state index contributed by atoms with van der Waals surface area (Å²) in [4.78, 5) is 29.1. The molecule has 9 nitrogen and oxygen atoms in total. The maximum absolute atomic E-state index is 11.7. The van der Waals surface area contributed by atoms with Gasteiger partial charge in [0.05, 0.1) is 0 Å². The molecule has 0 spiro atoms. The largest absolute Gasteiger partial charge is 0.444 e. The summed E-state index contributed by atoms with van der Waals surface area (Å²) in [5.74, 6) is 0.496. The maximum atomic E-state index is 11.7. The van der Waals surface area contributed by atoms with E-state index in [4.69, 9.17) is 9.47 Å². The number of halogens is 1. The Bertz CT molecular complexity index is 467. The third kappa shape index (κ3) is 18.1. The van der Waals surface area contributed by atoms with Crippen LogP contribution in [-0.4, -0.2) is 81.9 Å². The van der Waals surface area contributed by atoms with Gasteiger partial charge in [0.2, 0.25) is 5.91 Å². The van der Waals surface area contributed by atoms with Crippen molar-refractivity contribution in [2.24, 2.45) is 4.99 Å². The molecule has 28 heavy (non-hydrogen) atoms. The Morgan fingerprint density at radius 3 is 2.11 bits per heavy atom. The second-order valence-electron chi connectivity index (χ2n) is 7.14. The molecule has 0 aromatic heterocycles. The Hall–Kier alpha value is -1.30. The molecule has 0 radical (unpaired) electrons. The molecule has 0 rings (SSSR count). The number of carbonyl (C=O) groups is 2. The quantitative estimate of drug-likeness (QED) is 0.167. The number of nitrogens with zero attached hydrogens (tertiary/aromatic N) is 2. The highest BCUT2D eigenvalue weighted by atomic mass is 127. The van der Waals surface area contributed by atoms with Gasteiger partial charge in [0.25, 0.3) is 0 Å². The van der Waals surface area contributed by atoms with Gasteiger partial charge in [-0.05, 0) is 40.5 Å². The summed E-state index contributed by atoms with van der Waals surface area (Å²) in [5, 5.41) is 9.05. The van der Waals surface area contributed by atoms with Crippen LogP contribution < -0.4 is 16.0 Å². The van der Waals surface area contributed by atoms with E-state index in [0.29, 0.717) is 45.2 Å². The van der Waals surface area contributed by atoms with E-state index >= 15 is 0 Å². The molecule has 0 saturated carbocycles. The van der Waals surface area contributed by atoms with Crippen LogP contribution in [0, 0.1) is 0 Å². The number of guanidine groups is 1. The Labute approximate surface area is 186 Å². The topological polar surface area (TPSA) is 104 Å². The van der Waals surface area contributed by atoms with Crippen LogP contribution in [0.3, 0.4) is 0 Å². The zero-order valence-electron chi connectivity index (χ0n) is 18.1. The van der Waals surface area contributed by atoms with Gasteiger partial charge in [-0.2, -0.15) is 0 Å². The number of likely N-dealkylation sites (N-methyl/N-ethyl adjacent to an activating group) is 1. The van der Waals surface area contributed by atoms with Crippen LogP contribution >= 0.6 is 24.0 Å². The van der Waals surface area contributed by atoms with Crippen LogP contribution in [0.5, 0.6) is 0 Å². The summed E-state index contributed by atoms with van der Waals surface area (Å²) in [6, 6.07) is 0. The average Bonchev–Trinajstić information content (AvgIpc) is 2.56. The van der Waals surface area contributed by atoms with E-state index in [9.17, 15) is 9.59 Å². The lowest BCUT2D eigenvalue weighted by Crippen LogP contribution is -2.40. The smallest absolute Gasteiger partial charge is 0.407 e. The van der Waals surface area contributed by atoms with Gasteiger partial charge in [-0.3, -0.25) is 4.79 Å². The minimum absolute atomic E-state index is 0. The van der Waals surface area contributed by atoms with Crippen molar-refractivity contribution in [2.75, 3.05) is 53.5 Å². The summed E-state index contributed by atoms with van der Waals surface area (Å²) >= 11 is 0. The van der Waals surface area contributed by atoms with E-state index in [-0.39, 0.29) is 36.4 Å². The molecule has 0 heterocycles. The predicted molar refractivity (Wildman–Crippen MR) is 122 cm³/mol. The molecule has 166 valence electrons. The number of hydrogen-bond acceptors (Lipinski definition) is 5. The molecule has 2 amide bonds. The molecule has 0 aromatic carbocycles. The van der Waals surface area contributed by atoms with Crippen molar-refractivity contribution in [1.82, 2.24) is 20.9 Å². The molecular formula is C18H38IN5O4. The summed E-state index contributed by atoms with van der Waals surface area (Å²) in [5.41, 5.74) is -0.507. The van der Waals surface area contributed by atoms with Crippen LogP contribution in [0.4, 0.5) is 4.79 Å². The number of hydrogen-bond donors (Lipinski definition) is 3. The number of aliphatic imine (C=N–C) groups is 1. The molecule has 0 unspecified atom stereocenters. The first-order valence-corrected chi connectivity index (χ1v) is 9.42. The van der Waals surface area contributed by atoms with Gasteiger partial charge >= 0.3 is 6.09 Å². The molecule has 0 aliphatic carbocycles. The molecule has 0 aliphatic rings. The van der Waals surface area contributed by atoms with E-state index < -0.39 is 11.7 Å². The fraction of sp³-hybridized carbons (Fsp3) is 0.833. The minimum atomic E-state index is -0.507. The van der Waals surface area contributed by atoms with Gasteiger partial charge < -0.3 is 30.3 Å². The fourth-order valence-electron chi connectivity index (χ4n) is 1.79. The van der Waals surface area contributed by atoms with Gasteiger partial charge in [-0.25, -0.2) is 9.79 Å². The normalized spacial score (nSPS) is 11.3. The standard InChI is InChI=1S/C18H37N5O4.HI/c1-7-26-13-9-12-20-16(22-14-15(24)23(5)6)19-10-8-11-21-17(25)27-18(2,3)4;/h7-14H2,1-6H3,(H,21,25)(H2,19,20,22);1H. The fourth-order valence-corrected chi connectivity index (χ4v) is 1.79. The van der Waals surface area contributed by atoms with E-state index in [1.807, 2.05) is 27.7 Å². The van der Waals surface area contributed by atoms with E-state index in [1.165, 1.54) is 4.90 Å². The molecule has 0 atom stereocenters. The van der Waals surface area contributed by atoms with Gasteiger partial charge in [0, 0.05) is 46.9 Å². The number of ether oxygens (including phenoxy) is 2. The first-order chi connectivity index (χ1) is 12.7. The molecular weight excluding hydrogens is 477 g/mol. The minimum Gasteiger partial charge on any atom is -0.444 e. The Kier molecular flexibility index (Phi) is 17.2. The molecule has 0 aromatic rings. The van der Waals surface area contributed by atoms with E-state index in [1.54, 1.807) is 14.1 Å². The Morgan fingerprint density at radius 1 is 1.00 bits per heavy atom. The van der Waals surface area contributed by atoms with Crippen molar-refractivity contribution in [3.05, 3.63) is 0 Å². The highest BCUT2D eigenvalue weighted by Crippen LogP contribution is 2.06. The van der Waals surface area contributed by atoms with Gasteiger partial charge in [-0.15, -0.1) is 24.0 Å². The zero-order valence-corrected chi connectivity index (χ0v) is 20.4. The molecule has 0 saturated heterocycles. The Morgan fingerprint density at radius 2 is 1.57 bits per heavy atom. The van der Waals surface area contributed by atoms with Crippen molar-refractivity contribution < 1.29 is 19.1 Å². The first kappa shape index (κ1) is 28.9. The molecule has 0 bridgehead atoms. The van der Waals surface area contributed by atoms with Crippen LogP contribution in [0.25, 0.3) is 0 Å². The lowest BCUT2D eigenvalue weighted by Gasteiger charge is -2.19. The summed E-state index contributed by atoms with van der Waals surface area (Å²) in [7, 11) is 3.39. The summed E-state index contributed by atoms with van der Waals surface area (Å²) in [6.07, 6.45) is 1.11. The third-order valence-corrected chi connectivity index (χ3v) is 3.15. The highest BCUT2D eigenvalue weighted by Gasteiger charge is 2.15. The van der Waals surface area contributed by atoms with Crippen LogP contribution in [-0.2, 0) is 14.3 Å². The summed E-state index contributed by atoms with van der Waals surface area (Å²) in [6.45, 7) is 10.6. The van der Waals surface area contributed by atoms with Crippen molar-refractivity contribution in [2.45, 2.75) is 46.1 Å². The molecule has 0 aliphatic heterocycles. The van der Waals surface area contributed by atoms with E-state index in [2.05, 4.69) is 20.9 Å². The number of nitrogens with one attached hydrogen (secondary N) is 3. The lowest BCUT2D eigenvalue weighted by atomic mass is 10.2. The zero-order chi connectivity index (χ0) is 20.7. The summed E-state index contributed by atoms with van der Waals surface area (Å²) < 4.78 is 10.5. The van der Waals surface area contributed by atoms with Crippen molar-refractivity contribution in [3.63, 3.8) is 0 Å².